The quantitative estimate of drug-likeness (QED) is 0.688. The van der Waals surface area contributed by atoms with Gasteiger partial charge in [0, 0.05) is 0 Å². The van der Waals surface area contributed by atoms with Gasteiger partial charge in [0.1, 0.15) is 18.2 Å². The Morgan fingerprint density at radius 2 is 1.94 bits per heavy atom. The van der Waals surface area contributed by atoms with E-state index in [1.165, 1.54) is 6.92 Å². The van der Waals surface area contributed by atoms with Crippen LogP contribution < -0.4 is 5.32 Å². The molecule has 0 aliphatic rings. The number of esters is 1. The second kappa shape index (κ2) is 6.32. The van der Waals surface area contributed by atoms with Crippen molar-refractivity contribution in [2.75, 3.05) is 13.2 Å². The van der Waals surface area contributed by atoms with E-state index in [9.17, 15) is 9.59 Å². The number of hydrogen-bond donors (Lipinski definition) is 2. The van der Waals surface area contributed by atoms with E-state index < -0.39 is 23.7 Å². The lowest BCUT2D eigenvalue weighted by Crippen LogP contribution is -2.42. The number of carbonyl (C=O) groups excluding carboxylic acids is 2. The first kappa shape index (κ1) is 14.7. The Morgan fingerprint density at radius 1 is 1.38 bits per heavy atom. The van der Waals surface area contributed by atoms with Gasteiger partial charge in [0.2, 0.25) is 0 Å². The second-order valence-corrected chi connectivity index (χ2v) is 4.26. The Kier molecular flexibility index (Phi) is 5.81. The molecule has 2 N–H and O–H groups in total. The van der Waals surface area contributed by atoms with Crippen LogP contribution in [-0.4, -0.2) is 42.0 Å². The third-order valence-corrected chi connectivity index (χ3v) is 1.42. The molecule has 0 unspecified atom stereocenters. The van der Waals surface area contributed by atoms with Crippen LogP contribution >= 0.6 is 0 Å². The Morgan fingerprint density at radius 3 is 2.38 bits per heavy atom. The largest absolute Gasteiger partial charge is 0.462 e. The molecule has 0 aromatic heterocycles. The highest BCUT2D eigenvalue weighted by atomic mass is 16.6. The molecule has 0 aromatic carbocycles. The molecule has 0 aromatic rings. The fourth-order valence-electron chi connectivity index (χ4n) is 0.814. The van der Waals surface area contributed by atoms with Gasteiger partial charge in [0.05, 0.1) is 6.61 Å². The van der Waals surface area contributed by atoms with Crippen molar-refractivity contribution in [2.24, 2.45) is 0 Å². The molecule has 0 spiro atoms. The van der Waals surface area contributed by atoms with Gasteiger partial charge in [-0.1, -0.05) is 0 Å². The van der Waals surface area contributed by atoms with Gasteiger partial charge in [-0.3, -0.25) is 0 Å². The van der Waals surface area contributed by atoms with Gasteiger partial charge in [-0.15, -0.1) is 0 Å². The zero-order chi connectivity index (χ0) is 12.8. The predicted octanol–water partition coefficient (Wildman–Crippen LogP) is 0.435. The van der Waals surface area contributed by atoms with E-state index >= 15 is 0 Å². The first-order chi connectivity index (χ1) is 7.26. The minimum absolute atomic E-state index is 0.0842. The monoisotopic (exact) mass is 233 g/mol. The summed E-state index contributed by atoms with van der Waals surface area (Å²) in [5.74, 6) is -0.611. The lowest BCUT2D eigenvalue weighted by Gasteiger charge is -2.21. The van der Waals surface area contributed by atoms with Crippen LogP contribution in [0.25, 0.3) is 0 Å². The molecule has 16 heavy (non-hydrogen) atoms. The van der Waals surface area contributed by atoms with Gasteiger partial charge in [-0.25, -0.2) is 9.59 Å². The molecule has 0 fully saturated rings. The summed E-state index contributed by atoms with van der Waals surface area (Å²) in [6, 6.07) is -0.804. The van der Waals surface area contributed by atoms with Gasteiger partial charge in [0.25, 0.3) is 0 Å². The van der Waals surface area contributed by atoms with Crippen LogP contribution in [0.5, 0.6) is 0 Å². The van der Waals surface area contributed by atoms with Gasteiger partial charge in [0.15, 0.2) is 0 Å². The lowest BCUT2D eigenvalue weighted by atomic mass is 10.2. The third kappa shape index (κ3) is 7.05. The standard InChI is InChI=1S/C10H19NO5/c1-7(8(13)15-6-5-12)11-9(14)16-10(2,3)4/h7,12H,5-6H2,1-4H3,(H,11,14)/t7-/m0/s1. The van der Waals surface area contributed by atoms with E-state index in [-0.39, 0.29) is 13.2 Å². The van der Waals surface area contributed by atoms with Gasteiger partial charge in [-0.2, -0.15) is 0 Å². The van der Waals surface area contributed by atoms with E-state index in [1.807, 2.05) is 0 Å². The van der Waals surface area contributed by atoms with Crippen molar-refractivity contribution in [3.05, 3.63) is 0 Å². The van der Waals surface area contributed by atoms with Crippen molar-refractivity contribution in [2.45, 2.75) is 39.3 Å². The van der Waals surface area contributed by atoms with Crippen LogP contribution in [0.2, 0.25) is 0 Å². The molecule has 0 aliphatic heterocycles. The van der Waals surface area contributed by atoms with Crippen molar-refractivity contribution < 1.29 is 24.2 Å². The molecule has 0 aliphatic carbocycles. The normalized spacial score (nSPS) is 12.8. The predicted molar refractivity (Wildman–Crippen MR) is 56.9 cm³/mol. The van der Waals surface area contributed by atoms with Gasteiger partial charge >= 0.3 is 12.1 Å². The molecule has 1 amide bonds. The minimum atomic E-state index is -0.804. The molecule has 0 rings (SSSR count). The lowest BCUT2D eigenvalue weighted by molar-refractivity contribution is -0.146. The summed E-state index contributed by atoms with van der Waals surface area (Å²) < 4.78 is 9.58. The smallest absolute Gasteiger partial charge is 0.408 e. The Bertz CT molecular complexity index is 246. The molecule has 94 valence electrons. The molecule has 1 atom stereocenters. The van der Waals surface area contributed by atoms with Crippen LogP contribution in [0.4, 0.5) is 4.79 Å². The van der Waals surface area contributed by atoms with Gasteiger partial charge < -0.3 is 19.9 Å². The number of ether oxygens (including phenoxy) is 2. The maximum Gasteiger partial charge on any atom is 0.408 e. The number of aliphatic hydroxyl groups is 1. The average Bonchev–Trinajstić information content (AvgIpc) is 2.10. The summed E-state index contributed by atoms with van der Waals surface area (Å²) in [7, 11) is 0. The number of rotatable bonds is 4. The van der Waals surface area contributed by atoms with E-state index in [0.29, 0.717) is 0 Å². The van der Waals surface area contributed by atoms with Crippen molar-refractivity contribution >= 4 is 12.1 Å². The minimum Gasteiger partial charge on any atom is -0.462 e. The SMILES string of the molecule is C[C@H](NC(=O)OC(C)(C)C)C(=O)OCCO. The highest BCUT2D eigenvalue weighted by Gasteiger charge is 2.21. The van der Waals surface area contributed by atoms with Crippen LogP contribution in [0.3, 0.4) is 0 Å². The number of hydrogen-bond acceptors (Lipinski definition) is 5. The fraction of sp³-hybridized carbons (Fsp3) is 0.800. The van der Waals surface area contributed by atoms with Crippen LogP contribution in [0, 0.1) is 0 Å². The molecule has 0 radical (unpaired) electrons. The van der Waals surface area contributed by atoms with E-state index in [0.717, 1.165) is 0 Å². The number of aliphatic hydroxyl groups excluding tert-OH is 1. The summed E-state index contributed by atoms with van der Waals surface area (Å²) in [5.41, 5.74) is -0.612. The average molecular weight is 233 g/mol. The molecule has 6 heteroatoms. The van der Waals surface area contributed by atoms with Crippen LogP contribution in [0.15, 0.2) is 0 Å². The maximum atomic E-state index is 11.3. The number of carbonyl (C=O) groups is 2. The van der Waals surface area contributed by atoms with E-state index in [4.69, 9.17) is 9.84 Å². The van der Waals surface area contributed by atoms with Crippen molar-refractivity contribution in [3.8, 4) is 0 Å². The number of alkyl carbamates (subject to hydrolysis) is 1. The fourth-order valence-corrected chi connectivity index (χ4v) is 0.814. The first-order valence-electron chi connectivity index (χ1n) is 5.03. The summed E-state index contributed by atoms with van der Waals surface area (Å²) in [6.07, 6.45) is -0.680. The Hall–Kier alpha value is -1.30. The zero-order valence-corrected chi connectivity index (χ0v) is 10.1. The highest BCUT2D eigenvalue weighted by molar-refractivity contribution is 5.80. The molecular formula is C10H19NO5. The topological polar surface area (TPSA) is 84.9 Å². The van der Waals surface area contributed by atoms with Crippen molar-refractivity contribution in [3.63, 3.8) is 0 Å². The maximum absolute atomic E-state index is 11.3. The second-order valence-electron chi connectivity index (χ2n) is 4.26. The Labute approximate surface area is 94.9 Å². The van der Waals surface area contributed by atoms with E-state index in [2.05, 4.69) is 10.1 Å². The van der Waals surface area contributed by atoms with E-state index in [1.54, 1.807) is 20.8 Å². The number of amides is 1. The summed E-state index contributed by atoms with van der Waals surface area (Å²) in [5, 5.41) is 10.8. The van der Waals surface area contributed by atoms with Crippen LogP contribution in [-0.2, 0) is 14.3 Å². The summed E-state index contributed by atoms with van der Waals surface area (Å²) >= 11 is 0. The third-order valence-electron chi connectivity index (χ3n) is 1.42. The summed E-state index contributed by atoms with van der Waals surface area (Å²) in [4.78, 5) is 22.5. The highest BCUT2D eigenvalue weighted by Crippen LogP contribution is 2.06. The first-order valence-corrected chi connectivity index (χ1v) is 5.03. The van der Waals surface area contributed by atoms with Crippen molar-refractivity contribution in [1.29, 1.82) is 0 Å². The molecule has 0 saturated heterocycles. The molecule has 0 bridgehead atoms. The summed E-state index contributed by atoms with van der Waals surface area (Å²) in [6.45, 7) is 6.32. The Balaban J connectivity index is 3.99. The van der Waals surface area contributed by atoms with Crippen LogP contribution in [0.1, 0.15) is 27.7 Å². The van der Waals surface area contributed by atoms with Gasteiger partial charge in [-0.05, 0) is 27.7 Å². The molecule has 0 saturated carbocycles. The molecule has 0 heterocycles. The molecule has 6 nitrogen and oxygen atoms in total. The number of nitrogens with one attached hydrogen (secondary N) is 1. The molecular weight excluding hydrogens is 214 g/mol. The van der Waals surface area contributed by atoms with Crippen molar-refractivity contribution in [1.82, 2.24) is 5.32 Å². The zero-order valence-electron chi connectivity index (χ0n) is 10.1.